The van der Waals surface area contributed by atoms with Crippen LogP contribution in [0.4, 0.5) is 10.8 Å². The number of hydrogen-bond acceptors (Lipinski definition) is 6. The summed E-state index contributed by atoms with van der Waals surface area (Å²) in [6, 6.07) is 8.23. The summed E-state index contributed by atoms with van der Waals surface area (Å²) >= 11 is 1.47. The Morgan fingerprint density at radius 1 is 1.28 bits per heavy atom. The number of ether oxygens (including phenoxy) is 1. The molecular weight excluding hydrogens is 336 g/mol. The molecule has 1 amide bonds. The molecule has 1 aromatic heterocycles. The van der Waals surface area contributed by atoms with Crippen molar-refractivity contribution in [2.45, 2.75) is 20.4 Å². The second-order valence-corrected chi connectivity index (χ2v) is 6.85. The van der Waals surface area contributed by atoms with Crippen LogP contribution in [0, 0.1) is 0 Å². The summed E-state index contributed by atoms with van der Waals surface area (Å²) in [5.41, 5.74) is 2.18. The maximum Gasteiger partial charge on any atom is 0.223 e. The van der Waals surface area contributed by atoms with E-state index in [1.165, 1.54) is 23.9 Å². The zero-order valence-corrected chi connectivity index (χ0v) is 15.5. The molecule has 0 spiro atoms. The first-order chi connectivity index (χ1) is 12.2. The van der Waals surface area contributed by atoms with E-state index in [0.717, 1.165) is 44.2 Å². The van der Waals surface area contributed by atoms with Gasteiger partial charge in [-0.05, 0) is 19.1 Å². The van der Waals surface area contributed by atoms with Crippen LogP contribution in [0.15, 0.2) is 29.6 Å². The van der Waals surface area contributed by atoms with Gasteiger partial charge in [-0.3, -0.25) is 9.69 Å². The molecule has 1 aliphatic heterocycles. The largest absolute Gasteiger partial charge is 0.492 e. The maximum absolute atomic E-state index is 11.1. The summed E-state index contributed by atoms with van der Waals surface area (Å²) in [7, 11) is 0. The highest BCUT2D eigenvalue weighted by Crippen LogP contribution is 2.29. The summed E-state index contributed by atoms with van der Waals surface area (Å²) in [6.45, 7) is 8.90. The lowest BCUT2D eigenvalue weighted by atomic mass is 10.2. The number of rotatable bonds is 6. The van der Waals surface area contributed by atoms with Gasteiger partial charge in [-0.2, -0.15) is 0 Å². The molecule has 1 aromatic carbocycles. The standard InChI is InChI=1S/C18H24N4O2S/c1-3-24-17-7-5-4-6-16(17)22-10-8-21(9-11-22)12-15-13-25-18(20-15)19-14(2)23/h4-7,13H,3,8-12H2,1-2H3,(H,19,20,23). The number of aromatic nitrogens is 1. The van der Waals surface area contributed by atoms with Gasteiger partial charge in [-0.25, -0.2) is 4.98 Å². The fourth-order valence-electron chi connectivity index (χ4n) is 2.96. The van der Waals surface area contributed by atoms with Crippen molar-refractivity contribution in [2.75, 3.05) is 43.0 Å². The summed E-state index contributed by atoms with van der Waals surface area (Å²) < 4.78 is 5.75. The second kappa shape index (κ2) is 8.31. The number of para-hydroxylation sites is 2. The molecule has 0 bridgehead atoms. The van der Waals surface area contributed by atoms with Crippen LogP contribution >= 0.6 is 11.3 Å². The Morgan fingerprint density at radius 3 is 2.76 bits per heavy atom. The van der Waals surface area contributed by atoms with Crippen molar-refractivity contribution in [3.05, 3.63) is 35.3 Å². The van der Waals surface area contributed by atoms with E-state index in [1.54, 1.807) is 0 Å². The predicted octanol–water partition coefficient (Wildman–Crippen LogP) is 2.82. The number of anilines is 2. The molecule has 7 heteroatoms. The van der Waals surface area contributed by atoms with Crippen molar-refractivity contribution in [1.29, 1.82) is 0 Å². The van der Waals surface area contributed by atoms with Crippen molar-refractivity contribution >= 4 is 28.1 Å². The van der Waals surface area contributed by atoms with Gasteiger partial charge in [0.15, 0.2) is 5.13 Å². The lowest BCUT2D eigenvalue weighted by Gasteiger charge is -2.36. The highest BCUT2D eigenvalue weighted by atomic mass is 32.1. The van der Waals surface area contributed by atoms with Gasteiger partial charge in [-0.1, -0.05) is 12.1 Å². The van der Waals surface area contributed by atoms with Gasteiger partial charge in [0.25, 0.3) is 0 Å². The molecule has 0 saturated carbocycles. The van der Waals surface area contributed by atoms with Gasteiger partial charge in [-0.15, -0.1) is 11.3 Å². The minimum absolute atomic E-state index is 0.0810. The molecule has 0 aliphatic carbocycles. The highest BCUT2D eigenvalue weighted by molar-refractivity contribution is 7.13. The molecule has 25 heavy (non-hydrogen) atoms. The molecule has 0 radical (unpaired) electrons. The minimum Gasteiger partial charge on any atom is -0.492 e. The Balaban J connectivity index is 1.55. The van der Waals surface area contributed by atoms with E-state index in [2.05, 4.69) is 32.2 Å². The van der Waals surface area contributed by atoms with Gasteiger partial charge < -0.3 is 15.0 Å². The third-order valence-corrected chi connectivity index (χ3v) is 4.90. The lowest BCUT2D eigenvalue weighted by molar-refractivity contribution is -0.114. The Bertz CT molecular complexity index is 711. The Kier molecular flexibility index (Phi) is 5.88. The number of carbonyl (C=O) groups is 1. The normalized spacial score (nSPS) is 15.2. The van der Waals surface area contributed by atoms with Crippen molar-refractivity contribution in [3.8, 4) is 5.75 Å². The molecule has 3 rings (SSSR count). The predicted molar refractivity (Wildman–Crippen MR) is 102 cm³/mol. The van der Waals surface area contributed by atoms with E-state index < -0.39 is 0 Å². The van der Waals surface area contributed by atoms with Crippen LogP contribution in [0.2, 0.25) is 0 Å². The van der Waals surface area contributed by atoms with E-state index in [1.807, 2.05) is 24.4 Å². The Hall–Kier alpha value is -2.12. The van der Waals surface area contributed by atoms with E-state index in [9.17, 15) is 4.79 Å². The van der Waals surface area contributed by atoms with Crippen molar-refractivity contribution in [3.63, 3.8) is 0 Å². The SMILES string of the molecule is CCOc1ccccc1N1CCN(Cc2csc(NC(C)=O)n2)CC1. The van der Waals surface area contributed by atoms with Crippen LogP contribution in [0.3, 0.4) is 0 Å². The first-order valence-electron chi connectivity index (χ1n) is 8.57. The average Bonchev–Trinajstić information content (AvgIpc) is 3.03. The molecule has 6 nitrogen and oxygen atoms in total. The van der Waals surface area contributed by atoms with Crippen molar-refractivity contribution < 1.29 is 9.53 Å². The third kappa shape index (κ3) is 4.70. The number of thiazole rings is 1. The maximum atomic E-state index is 11.1. The van der Waals surface area contributed by atoms with Crippen LogP contribution in [-0.2, 0) is 11.3 Å². The van der Waals surface area contributed by atoms with E-state index >= 15 is 0 Å². The van der Waals surface area contributed by atoms with Crippen LogP contribution in [0.5, 0.6) is 5.75 Å². The highest BCUT2D eigenvalue weighted by Gasteiger charge is 2.20. The smallest absolute Gasteiger partial charge is 0.223 e. The number of hydrogen-bond donors (Lipinski definition) is 1. The first-order valence-corrected chi connectivity index (χ1v) is 9.45. The Labute approximate surface area is 152 Å². The summed E-state index contributed by atoms with van der Waals surface area (Å²) in [5, 5.41) is 5.43. The van der Waals surface area contributed by atoms with Crippen LogP contribution in [0.1, 0.15) is 19.5 Å². The van der Waals surface area contributed by atoms with E-state index in [4.69, 9.17) is 4.74 Å². The summed E-state index contributed by atoms with van der Waals surface area (Å²) in [4.78, 5) is 20.3. The molecule has 1 fully saturated rings. The van der Waals surface area contributed by atoms with E-state index in [-0.39, 0.29) is 5.91 Å². The van der Waals surface area contributed by atoms with Gasteiger partial charge in [0.05, 0.1) is 18.0 Å². The van der Waals surface area contributed by atoms with Crippen molar-refractivity contribution in [2.24, 2.45) is 0 Å². The lowest BCUT2D eigenvalue weighted by Crippen LogP contribution is -2.46. The molecule has 1 saturated heterocycles. The molecule has 1 N–H and O–H groups in total. The average molecular weight is 360 g/mol. The number of nitrogens with zero attached hydrogens (tertiary/aromatic N) is 3. The van der Waals surface area contributed by atoms with Crippen LogP contribution in [-0.4, -0.2) is 48.6 Å². The van der Waals surface area contributed by atoms with Gasteiger partial charge in [0.2, 0.25) is 5.91 Å². The van der Waals surface area contributed by atoms with Crippen LogP contribution < -0.4 is 15.0 Å². The van der Waals surface area contributed by atoms with Gasteiger partial charge >= 0.3 is 0 Å². The topological polar surface area (TPSA) is 57.7 Å². The monoisotopic (exact) mass is 360 g/mol. The third-order valence-electron chi connectivity index (χ3n) is 4.10. The van der Waals surface area contributed by atoms with Gasteiger partial charge in [0.1, 0.15) is 5.75 Å². The number of amides is 1. The minimum atomic E-state index is -0.0810. The molecule has 134 valence electrons. The van der Waals surface area contributed by atoms with Crippen LogP contribution in [0.25, 0.3) is 0 Å². The van der Waals surface area contributed by atoms with Crippen molar-refractivity contribution in [1.82, 2.24) is 9.88 Å². The molecular formula is C18H24N4O2S. The Morgan fingerprint density at radius 2 is 2.04 bits per heavy atom. The zero-order chi connectivity index (χ0) is 17.6. The molecule has 0 atom stereocenters. The fourth-order valence-corrected chi connectivity index (χ4v) is 3.71. The van der Waals surface area contributed by atoms with Gasteiger partial charge in [0, 0.05) is 45.0 Å². The zero-order valence-electron chi connectivity index (χ0n) is 14.7. The molecule has 1 aliphatic rings. The first kappa shape index (κ1) is 17.7. The number of benzene rings is 1. The number of carbonyl (C=O) groups excluding carboxylic acids is 1. The second-order valence-electron chi connectivity index (χ2n) is 5.99. The fraction of sp³-hybridized carbons (Fsp3) is 0.444. The molecule has 0 unspecified atom stereocenters. The van der Waals surface area contributed by atoms with E-state index in [0.29, 0.717) is 11.7 Å². The molecule has 2 heterocycles. The summed E-state index contributed by atoms with van der Waals surface area (Å²) in [6.07, 6.45) is 0. The summed E-state index contributed by atoms with van der Waals surface area (Å²) in [5.74, 6) is 0.875. The number of piperazine rings is 1. The number of nitrogens with one attached hydrogen (secondary N) is 1. The molecule has 2 aromatic rings. The quantitative estimate of drug-likeness (QED) is 0.858.